The fourth-order valence-electron chi connectivity index (χ4n) is 3.17. The molecule has 3 rings (SSSR count). The lowest BCUT2D eigenvalue weighted by Gasteiger charge is -2.36. The summed E-state index contributed by atoms with van der Waals surface area (Å²) in [7, 11) is -3.27. The van der Waals surface area contributed by atoms with E-state index in [0.29, 0.717) is 44.1 Å². The zero-order valence-corrected chi connectivity index (χ0v) is 15.3. The summed E-state index contributed by atoms with van der Waals surface area (Å²) in [5, 5.41) is 6.82. The molecule has 1 aromatic heterocycles. The quantitative estimate of drug-likeness (QED) is 0.728. The van der Waals surface area contributed by atoms with Crippen LogP contribution in [0.2, 0.25) is 0 Å². The van der Waals surface area contributed by atoms with Gasteiger partial charge in [-0.2, -0.15) is 0 Å². The monoisotopic (exact) mass is 370 g/mol. The third-order valence-electron chi connectivity index (χ3n) is 4.93. The number of carbonyl (C=O) groups excluding carboxylic acids is 1. The highest BCUT2D eigenvalue weighted by atomic mass is 32.2. The summed E-state index contributed by atoms with van der Waals surface area (Å²) in [6.45, 7) is 3.13. The minimum absolute atomic E-state index is 0.0279. The molecule has 2 atom stereocenters. The second-order valence-corrected chi connectivity index (χ2v) is 9.14. The van der Waals surface area contributed by atoms with Gasteiger partial charge in [0, 0.05) is 31.1 Å². The van der Waals surface area contributed by atoms with E-state index in [1.807, 2.05) is 6.92 Å². The maximum absolute atomic E-state index is 12.4. The van der Waals surface area contributed by atoms with E-state index < -0.39 is 10.0 Å². The first-order chi connectivity index (χ1) is 11.9. The van der Waals surface area contributed by atoms with Crippen LogP contribution in [0.5, 0.6) is 0 Å². The molecule has 2 heterocycles. The van der Waals surface area contributed by atoms with E-state index >= 15 is 0 Å². The standard InChI is InChI=1S/C16H26N4O4S/c1-11-10-20(25(22,23)8-2-6-17)7-5-13(11)18-16(21)14-9-15(24-19-14)12-3-4-12/h9,11-13H,2-8,10,17H2,1H3,(H,18,21)/t11-,13+/m0/s1. The summed E-state index contributed by atoms with van der Waals surface area (Å²) in [5.74, 6) is 1.04. The van der Waals surface area contributed by atoms with Gasteiger partial charge in [-0.05, 0) is 38.1 Å². The van der Waals surface area contributed by atoms with Crippen molar-refractivity contribution >= 4 is 15.9 Å². The fourth-order valence-corrected chi connectivity index (χ4v) is 4.80. The number of nitrogens with zero attached hydrogens (tertiary/aromatic N) is 2. The number of carbonyl (C=O) groups is 1. The first kappa shape index (κ1) is 18.3. The van der Waals surface area contributed by atoms with Gasteiger partial charge in [0.1, 0.15) is 5.76 Å². The van der Waals surface area contributed by atoms with Crippen molar-refractivity contribution in [1.82, 2.24) is 14.8 Å². The Morgan fingerprint density at radius 3 is 2.84 bits per heavy atom. The molecule has 3 N–H and O–H groups in total. The Balaban J connectivity index is 1.55. The number of piperidine rings is 1. The van der Waals surface area contributed by atoms with Crippen LogP contribution < -0.4 is 11.1 Å². The van der Waals surface area contributed by atoms with E-state index in [-0.39, 0.29) is 23.6 Å². The van der Waals surface area contributed by atoms with Gasteiger partial charge in [-0.3, -0.25) is 4.79 Å². The molecule has 0 spiro atoms. The molecule has 1 aromatic rings. The van der Waals surface area contributed by atoms with Crippen LogP contribution in [0.15, 0.2) is 10.6 Å². The highest BCUT2D eigenvalue weighted by molar-refractivity contribution is 7.89. The fraction of sp³-hybridized carbons (Fsp3) is 0.750. The number of sulfonamides is 1. The van der Waals surface area contributed by atoms with Crippen LogP contribution in [0.3, 0.4) is 0 Å². The maximum atomic E-state index is 12.4. The van der Waals surface area contributed by atoms with Crippen molar-refractivity contribution in [3.63, 3.8) is 0 Å². The molecule has 9 heteroatoms. The first-order valence-electron chi connectivity index (χ1n) is 8.86. The number of rotatable bonds is 7. The lowest BCUT2D eigenvalue weighted by atomic mass is 9.95. The molecule has 1 amide bonds. The molecule has 1 saturated heterocycles. The van der Waals surface area contributed by atoms with E-state index in [1.54, 1.807) is 6.07 Å². The molecular weight excluding hydrogens is 344 g/mol. The zero-order chi connectivity index (χ0) is 18.0. The van der Waals surface area contributed by atoms with Crippen molar-refractivity contribution in [3.05, 3.63) is 17.5 Å². The van der Waals surface area contributed by atoms with Gasteiger partial charge in [-0.1, -0.05) is 12.1 Å². The Kier molecular flexibility index (Phi) is 5.45. The number of nitrogens with one attached hydrogen (secondary N) is 1. The predicted molar refractivity (Wildman–Crippen MR) is 92.5 cm³/mol. The van der Waals surface area contributed by atoms with Gasteiger partial charge in [0.05, 0.1) is 5.75 Å². The lowest BCUT2D eigenvalue weighted by Crippen LogP contribution is -2.52. The van der Waals surface area contributed by atoms with Crippen molar-refractivity contribution < 1.29 is 17.7 Å². The largest absolute Gasteiger partial charge is 0.360 e. The van der Waals surface area contributed by atoms with Crippen molar-refractivity contribution in [2.24, 2.45) is 11.7 Å². The van der Waals surface area contributed by atoms with E-state index in [0.717, 1.165) is 18.6 Å². The molecule has 2 fully saturated rings. The van der Waals surface area contributed by atoms with E-state index in [9.17, 15) is 13.2 Å². The number of amides is 1. The van der Waals surface area contributed by atoms with E-state index in [4.69, 9.17) is 10.3 Å². The Morgan fingerprint density at radius 1 is 1.44 bits per heavy atom. The van der Waals surface area contributed by atoms with E-state index in [2.05, 4.69) is 10.5 Å². The molecule has 0 unspecified atom stereocenters. The second-order valence-electron chi connectivity index (χ2n) is 7.05. The summed E-state index contributed by atoms with van der Waals surface area (Å²) >= 11 is 0. The van der Waals surface area contributed by atoms with Gasteiger partial charge in [0.25, 0.3) is 5.91 Å². The molecule has 8 nitrogen and oxygen atoms in total. The Labute approximate surface area is 148 Å². The van der Waals surface area contributed by atoms with Crippen LogP contribution >= 0.6 is 0 Å². The predicted octanol–water partition coefficient (Wildman–Crippen LogP) is 0.671. The van der Waals surface area contributed by atoms with Crippen molar-refractivity contribution in [2.45, 2.75) is 44.6 Å². The van der Waals surface area contributed by atoms with Crippen molar-refractivity contribution in [2.75, 3.05) is 25.4 Å². The molecule has 0 bridgehead atoms. The number of hydrogen-bond acceptors (Lipinski definition) is 6. The van der Waals surface area contributed by atoms with Crippen molar-refractivity contribution in [3.8, 4) is 0 Å². The minimum Gasteiger partial charge on any atom is -0.360 e. The molecule has 140 valence electrons. The molecule has 25 heavy (non-hydrogen) atoms. The number of hydrogen-bond donors (Lipinski definition) is 2. The van der Waals surface area contributed by atoms with Crippen LogP contribution in [-0.4, -0.2) is 55.2 Å². The minimum atomic E-state index is -3.27. The molecule has 0 aromatic carbocycles. The maximum Gasteiger partial charge on any atom is 0.273 e. The average Bonchev–Trinajstić information content (AvgIpc) is 3.31. The Hall–Kier alpha value is -1.45. The van der Waals surface area contributed by atoms with Gasteiger partial charge in [0.15, 0.2) is 5.69 Å². The number of nitrogens with two attached hydrogens (primary N) is 1. The van der Waals surface area contributed by atoms with Gasteiger partial charge in [-0.15, -0.1) is 0 Å². The van der Waals surface area contributed by atoms with Gasteiger partial charge < -0.3 is 15.6 Å². The van der Waals surface area contributed by atoms with Gasteiger partial charge in [0.2, 0.25) is 10.0 Å². The highest BCUT2D eigenvalue weighted by Gasteiger charge is 2.34. The van der Waals surface area contributed by atoms with Crippen LogP contribution in [0.25, 0.3) is 0 Å². The Bertz CT molecular complexity index is 713. The van der Waals surface area contributed by atoms with Crippen LogP contribution in [0.1, 0.15) is 54.8 Å². The average molecular weight is 370 g/mol. The summed E-state index contributed by atoms with van der Waals surface area (Å²) in [4.78, 5) is 12.4. The highest BCUT2D eigenvalue weighted by Crippen LogP contribution is 2.40. The van der Waals surface area contributed by atoms with E-state index in [1.165, 1.54) is 4.31 Å². The molecule has 0 radical (unpaired) electrons. The molecule has 2 aliphatic rings. The first-order valence-corrected chi connectivity index (χ1v) is 10.5. The van der Waals surface area contributed by atoms with Crippen LogP contribution in [0, 0.1) is 5.92 Å². The van der Waals surface area contributed by atoms with Gasteiger partial charge in [-0.25, -0.2) is 12.7 Å². The summed E-state index contributed by atoms with van der Waals surface area (Å²) in [6.07, 6.45) is 3.22. The lowest BCUT2D eigenvalue weighted by molar-refractivity contribution is 0.0892. The topological polar surface area (TPSA) is 119 Å². The van der Waals surface area contributed by atoms with Crippen LogP contribution in [0.4, 0.5) is 0 Å². The van der Waals surface area contributed by atoms with Gasteiger partial charge >= 0.3 is 0 Å². The Morgan fingerprint density at radius 2 is 2.20 bits per heavy atom. The third-order valence-corrected chi connectivity index (χ3v) is 6.85. The van der Waals surface area contributed by atoms with Crippen molar-refractivity contribution in [1.29, 1.82) is 0 Å². The molecule has 1 saturated carbocycles. The SMILES string of the molecule is C[C@H]1CN(S(=O)(=O)CCCN)CC[C@H]1NC(=O)c1cc(C2CC2)on1. The van der Waals surface area contributed by atoms with Crippen LogP contribution in [-0.2, 0) is 10.0 Å². The smallest absolute Gasteiger partial charge is 0.273 e. The summed E-state index contributed by atoms with van der Waals surface area (Å²) in [5.41, 5.74) is 5.70. The molecule has 1 aliphatic heterocycles. The number of aromatic nitrogens is 1. The summed E-state index contributed by atoms with van der Waals surface area (Å²) in [6, 6.07) is 1.64. The molecular formula is C16H26N4O4S. The second kappa shape index (κ2) is 7.43. The third kappa shape index (κ3) is 4.39. The normalized spacial score (nSPS) is 25.0. The molecule has 1 aliphatic carbocycles. The zero-order valence-electron chi connectivity index (χ0n) is 14.5. The summed E-state index contributed by atoms with van der Waals surface area (Å²) < 4.78 is 31.3.